The second-order valence-corrected chi connectivity index (χ2v) is 6.61. The first-order valence-corrected chi connectivity index (χ1v) is 8.63. The van der Waals surface area contributed by atoms with Gasteiger partial charge in [0, 0.05) is 25.2 Å². The molecule has 8 nitrogen and oxygen atoms in total. The van der Waals surface area contributed by atoms with Crippen LogP contribution in [0.1, 0.15) is 31.5 Å². The van der Waals surface area contributed by atoms with E-state index >= 15 is 0 Å². The Morgan fingerprint density at radius 1 is 1.28 bits per heavy atom. The largest absolute Gasteiger partial charge is 0.342 e. The van der Waals surface area contributed by atoms with Crippen molar-refractivity contribution in [1.29, 1.82) is 0 Å². The summed E-state index contributed by atoms with van der Waals surface area (Å²) in [7, 11) is 0. The van der Waals surface area contributed by atoms with Crippen LogP contribution in [0.15, 0.2) is 37.1 Å². The number of aromatic nitrogens is 6. The van der Waals surface area contributed by atoms with Crippen LogP contribution >= 0.6 is 0 Å². The summed E-state index contributed by atoms with van der Waals surface area (Å²) in [4.78, 5) is 18.5. The van der Waals surface area contributed by atoms with Gasteiger partial charge in [-0.3, -0.25) is 13.9 Å². The molecule has 0 spiro atoms. The second kappa shape index (κ2) is 6.62. The minimum atomic E-state index is -0.104. The minimum absolute atomic E-state index is 0.104. The van der Waals surface area contributed by atoms with Crippen LogP contribution in [0.25, 0.3) is 5.65 Å². The molecule has 1 saturated heterocycles. The van der Waals surface area contributed by atoms with Crippen LogP contribution in [0.5, 0.6) is 0 Å². The van der Waals surface area contributed by atoms with Gasteiger partial charge in [-0.05, 0) is 25.0 Å². The second-order valence-electron chi connectivity index (χ2n) is 6.61. The molecule has 3 aromatic heterocycles. The molecule has 0 N–H and O–H groups in total. The van der Waals surface area contributed by atoms with E-state index in [0.717, 1.165) is 37.4 Å². The highest BCUT2D eigenvalue weighted by molar-refractivity contribution is 5.78. The van der Waals surface area contributed by atoms with Crippen molar-refractivity contribution in [2.24, 2.45) is 5.92 Å². The van der Waals surface area contributed by atoms with Crippen LogP contribution in [-0.2, 0) is 11.3 Å². The lowest BCUT2D eigenvalue weighted by Gasteiger charge is -2.33. The summed E-state index contributed by atoms with van der Waals surface area (Å²) in [5.41, 5.74) is 0.873. The molecule has 1 fully saturated rings. The molecular weight excluding hydrogens is 318 g/mol. The van der Waals surface area contributed by atoms with Crippen molar-refractivity contribution < 1.29 is 4.79 Å². The fourth-order valence-corrected chi connectivity index (χ4v) is 3.49. The Hall–Kier alpha value is -2.77. The van der Waals surface area contributed by atoms with Crippen LogP contribution in [0.2, 0.25) is 0 Å². The van der Waals surface area contributed by atoms with Gasteiger partial charge in [0.1, 0.15) is 18.5 Å². The highest BCUT2D eigenvalue weighted by atomic mass is 16.2. The normalized spacial score (nSPS) is 17.1. The van der Waals surface area contributed by atoms with Gasteiger partial charge in [-0.25, -0.2) is 4.98 Å². The van der Waals surface area contributed by atoms with E-state index in [1.807, 2.05) is 36.2 Å². The third-order valence-electron chi connectivity index (χ3n) is 4.86. The number of rotatable bonds is 4. The minimum Gasteiger partial charge on any atom is -0.342 e. The fraction of sp³-hybridized carbons (Fsp3) is 0.471. The number of carbonyl (C=O) groups is 1. The maximum Gasteiger partial charge on any atom is 0.227 e. The van der Waals surface area contributed by atoms with E-state index in [2.05, 4.69) is 24.7 Å². The number of hydrogen-bond acceptors (Lipinski definition) is 5. The molecule has 0 aliphatic carbocycles. The smallest absolute Gasteiger partial charge is 0.227 e. The number of carbonyl (C=O) groups excluding carboxylic acids is 1. The topological polar surface area (TPSA) is 81.2 Å². The van der Waals surface area contributed by atoms with E-state index < -0.39 is 0 Å². The lowest BCUT2D eigenvalue weighted by atomic mass is 9.95. The monoisotopic (exact) mass is 339 g/mol. The molecule has 0 bridgehead atoms. The van der Waals surface area contributed by atoms with Crippen molar-refractivity contribution in [1.82, 2.24) is 34.3 Å². The molecule has 0 aromatic carbocycles. The van der Waals surface area contributed by atoms with E-state index in [1.165, 1.54) is 6.33 Å². The lowest BCUT2D eigenvalue weighted by molar-refractivity contribution is -0.136. The summed E-state index contributed by atoms with van der Waals surface area (Å²) in [5, 5.41) is 12.7. The van der Waals surface area contributed by atoms with Crippen LogP contribution in [0.4, 0.5) is 0 Å². The van der Waals surface area contributed by atoms with E-state index in [9.17, 15) is 4.79 Å². The average Bonchev–Trinajstić information content (AvgIpc) is 3.31. The number of pyridine rings is 1. The van der Waals surface area contributed by atoms with Gasteiger partial charge in [0.15, 0.2) is 5.65 Å². The number of fused-ring (bicyclic) bond motifs is 1. The molecule has 4 heterocycles. The van der Waals surface area contributed by atoms with Crippen molar-refractivity contribution in [2.75, 3.05) is 13.1 Å². The summed E-state index contributed by atoms with van der Waals surface area (Å²) in [6, 6.07) is 5.91. The first-order chi connectivity index (χ1) is 12.2. The summed E-state index contributed by atoms with van der Waals surface area (Å²) >= 11 is 0. The SMILES string of the molecule is CC(Cn1cncn1)C(=O)N1CCC(c2nnc3ccccn23)CC1. The Morgan fingerprint density at radius 2 is 2.12 bits per heavy atom. The number of likely N-dealkylation sites (tertiary alicyclic amines) is 1. The molecular formula is C17H21N7O. The van der Waals surface area contributed by atoms with Crippen LogP contribution in [0, 0.1) is 5.92 Å². The van der Waals surface area contributed by atoms with Gasteiger partial charge in [-0.2, -0.15) is 5.10 Å². The van der Waals surface area contributed by atoms with Gasteiger partial charge in [0.2, 0.25) is 5.91 Å². The molecule has 1 atom stereocenters. The number of piperidine rings is 1. The van der Waals surface area contributed by atoms with Gasteiger partial charge < -0.3 is 4.90 Å². The maximum atomic E-state index is 12.7. The van der Waals surface area contributed by atoms with Crippen LogP contribution in [0.3, 0.4) is 0 Å². The van der Waals surface area contributed by atoms with Gasteiger partial charge in [-0.1, -0.05) is 13.0 Å². The Balaban J connectivity index is 1.38. The molecule has 1 unspecified atom stereocenters. The predicted molar refractivity (Wildman–Crippen MR) is 90.7 cm³/mol. The standard InChI is InChI=1S/C17H21N7O/c1-13(10-23-12-18-11-19-23)17(25)22-8-5-14(6-9-22)16-21-20-15-4-2-3-7-24(15)16/h2-4,7,11-14H,5-6,8-10H2,1H3. The maximum absolute atomic E-state index is 12.7. The van der Waals surface area contributed by atoms with Gasteiger partial charge >= 0.3 is 0 Å². The van der Waals surface area contributed by atoms with E-state index in [4.69, 9.17) is 0 Å². The molecule has 0 saturated carbocycles. The Bertz CT molecular complexity index is 849. The number of hydrogen-bond donors (Lipinski definition) is 0. The Kier molecular flexibility index (Phi) is 4.17. The molecule has 1 amide bonds. The number of nitrogens with zero attached hydrogens (tertiary/aromatic N) is 7. The molecule has 8 heteroatoms. The van der Waals surface area contributed by atoms with E-state index in [1.54, 1.807) is 11.0 Å². The first kappa shape index (κ1) is 15.7. The highest BCUT2D eigenvalue weighted by Gasteiger charge is 2.29. The third kappa shape index (κ3) is 3.11. The fourth-order valence-electron chi connectivity index (χ4n) is 3.49. The van der Waals surface area contributed by atoms with Crippen molar-refractivity contribution in [3.63, 3.8) is 0 Å². The Labute approximate surface area is 145 Å². The summed E-state index contributed by atoms with van der Waals surface area (Å²) in [6.07, 6.45) is 6.97. The van der Waals surface area contributed by atoms with Crippen molar-refractivity contribution in [3.05, 3.63) is 42.9 Å². The molecule has 1 aliphatic heterocycles. The first-order valence-electron chi connectivity index (χ1n) is 8.63. The predicted octanol–water partition coefficient (Wildman–Crippen LogP) is 1.36. The van der Waals surface area contributed by atoms with E-state index in [-0.39, 0.29) is 11.8 Å². The van der Waals surface area contributed by atoms with Crippen molar-refractivity contribution in [2.45, 2.75) is 32.2 Å². The average molecular weight is 339 g/mol. The van der Waals surface area contributed by atoms with Crippen LogP contribution < -0.4 is 0 Å². The third-order valence-corrected chi connectivity index (χ3v) is 4.86. The van der Waals surface area contributed by atoms with Gasteiger partial charge in [0.05, 0.1) is 12.5 Å². The zero-order valence-corrected chi connectivity index (χ0v) is 14.2. The summed E-state index contributed by atoms with van der Waals surface area (Å²) in [5.74, 6) is 1.41. The molecule has 0 radical (unpaired) electrons. The Morgan fingerprint density at radius 3 is 2.88 bits per heavy atom. The zero-order chi connectivity index (χ0) is 17.2. The zero-order valence-electron chi connectivity index (χ0n) is 14.2. The molecule has 3 aromatic rings. The lowest BCUT2D eigenvalue weighted by Crippen LogP contribution is -2.42. The summed E-state index contributed by atoms with van der Waals surface area (Å²) < 4.78 is 3.76. The van der Waals surface area contributed by atoms with Crippen molar-refractivity contribution in [3.8, 4) is 0 Å². The number of amides is 1. The van der Waals surface area contributed by atoms with Crippen LogP contribution in [-0.4, -0.2) is 53.3 Å². The summed E-state index contributed by atoms with van der Waals surface area (Å²) in [6.45, 7) is 4.02. The van der Waals surface area contributed by atoms with Gasteiger partial charge in [-0.15, -0.1) is 10.2 Å². The molecule has 1 aliphatic rings. The highest BCUT2D eigenvalue weighted by Crippen LogP contribution is 2.27. The van der Waals surface area contributed by atoms with Crippen molar-refractivity contribution >= 4 is 11.6 Å². The van der Waals surface area contributed by atoms with E-state index in [0.29, 0.717) is 12.5 Å². The quantitative estimate of drug-likeness (QED) is 0.717. The molecule has 130 valence electrons. The molecule has 4 rings (SSSR count). The van der Waals surface area contributed by atoms with Gasteiger partial charge in [0.25, 0.3) is 0 Å². The molecule has 25 heavy (non-hydrogen) atoms.